The fourth-order valence-electron chi connectivity index (χ4n) is 2.52. The predicted molar refractivity (Wildman–Crippen MR) is 107 cm³/mol. The quantitative estimate of drug-likeness (QED) is 0.362. The van der Waals surface area contributed by atoms with Crippen molar-refractivity contribution in [3.63, 3.8) is 0 Å². The predicted octanol–water partition coefficient (Wildman–Crippen LogP) is 2.43. The van der Waals surface area contributed by atoms with Crippen molar-refractivity contribution in [2.24, 2.45) is 0 Å². The van der Waals surface area contributed by atoms with Gasteiger partial charge in [-0.3, -0.25) is 9.59 Å². The second-order valence-corrected chi connectivity index (χ2v) is 7.70. The van der Waals surface area contributed by atoms with Crippen LogP contribution in [0.15, 0.2) is 81.0 Å². The molecule has 8 nitrogen and oxygen atoms in total. The Morgan fingerprint density at radius 3 is 2.41 bits per heavy atom. The smallest absolute Gasteiger partial charge is 0.347 e. The standard InChI is InChI=1S/C20H16N2O6S/c1-13(23)22-29(26,27)16-8-6-15(7-9-16)21-11-10-18(24)17-12-14-4-2-3-5-19(14)28-20(17)25/h2-12,21H,1H3,(H,22,23)/b11-10-. The lowest BCUT2D eigenvalue weighted by Crippen LogP contribution is -2.28. The lowest BCUT2D eigenvalue weighted by atomic mass is 10.1. The van der Waals surface area contributed by atoms with Gasteiger partial charge in [0.25, 0.3) is 10.0 Å². The van der Waals surface area contributed by atoms with Crippen LogP contribution in [0.3, 0.4) is 0 Å². The highest BCUT2D eigenvalue weighted by molar-refractivity contribution is 7.90. The van der Waals surface area contributed by atoms with Gasteiger partial charge in [0.05, 0.1) is 4.90 Å². The molecule has 0 fully saturated rings. The zero-order chi connectivity index (χ0) is 21.0. The fraction of sp³-hybridized carbons (Fsp3) is 0.0500. The van der Waals surface area contributed by atoms with Crippen LogP contribution in [0.1, 0.15) is 17.3 Å². The molecule has 1 amide bonds. The SMILES string of the molecule is CC(=O)NS(=O)(=O)c1ccc(N/C=C\C(=O)c2cc3ccccc3oc2=O)cc1. The van der Waals surface area contributed by atoms with Gasteiger partial charge in [-0.05, 0) is 36.4 Å². The van der Waals surface area contributed by atoms with Crippen LogP contribution in [-0.2, 0) is 14.8 Å². The molecule has 0 saturated heterocycles. The number of carbonyl (C=O) groups is 2. The number of ketones is 1. The van der Waals surface area contributed by atoms with E-state index in [1.807, 2.05) is 4.72 Å². The van der Waals surface area contributed by atoms with Gasteiger partial charge >= 0.3 is 5.63 Å². The van der Waals surface area contributed by atoms with Crippen molar-refractivity contribution in [2.75, 3.05) is 5.32 Å². The Morgan fingerprint density at radius 1 is 1.03 bits per heavy atom. The molecule has 0 aliphatic heterocycles. The number of fused-ring (bicyclic) bond motifs is 1. The van der Waals surface area contributed by atoms with Gasteiger partial charge in [0, 0.05) is 30.3 Å². The van der Waals surface area contributed by atoms with Crippen molar-refractivity contribution in [3.05, 3.63) is 82.9 Å². The van der Waals surface area contributed by atoms with Crippen LogP contribution in [0.5, 0.6) is 0 Å². The average molecular weight is 412 g/mol. The molecule has 0 aliphatic carbocycles. The van der Waals surface area contributed by atoms with E-state index in [1.165, 1.54) is 42.6 Å². The van der Waals surface area contributed by atoms with E-state index in [1.54, 1.807) is 24.3 Å². The molecule has 9 heteroatoms. The third-order valence-electron chi connectivity index (χ3n) is 3.83. The second kappa shape index (κ2) is 8.11. The van der Waals surface area contributed by atoms with Gasteiger partial charge in [0.15, 0.2) is 5.78 Å². The van der Waals surface area contributed by atoms with Crippen molar-refractivity contribution in [1.29, 1.82) is 0 Å². The lowest BCUT2D eigenvalue weighted by Gasteiger charge is -2.06. The van der Waals surface area contributed by atoms with E-state index in [0.717, 1.165) is 6.92 Å². The van der Waals surface area contributed by atoms with Crippen LogP contribution in [0.2, 0.25) is 0 Å². The van der Waals surface area contributed by atoms with Gasteiger partial charge in [-0.2, -0.15) is 0 Å². The molecule has 148 valence electrons. The Hall–Kier alpha value is -3.72. The summed E-state index contributed by atoms with van der Waals surface area (Å²) in [6.45, 7) is 1.10. The van der Waals surface area contributed by atoms with E-state index < -0.39 is 27.3 Å². The van der Waals surface area contributed by atoms with Gasteiger partial charge in [-0.25, -0.2) is 17.9 Å². The first-order valence-electron chi connectivity index (χ1n) is 8.40. The summed E-state index contributed by atoms with van der Waals surface area (Å²) in [4.78, 5) is 35.1. The number of hydrogen-bond acceptors (Lipinski definition) is 7. The Morgan fingerprint density at radius 2 is 1.72 bits per heavy atom. The summed E-state index contributed by atoms with van der Waals surface area (Å²) in [7, 11) is -3.91. The van der Waals surface area contributed by atoms with Crippen LogP contribution in [0.25, 0.3) is 11.0 Å². The lowest BCUT2D eigenvalue weighted by molar-refractivity contribution is -0.117. The van der Waals surface area contributed by atoms with E-state index in [4.69, 9.17) is 4.42 Å². The molecule has 29 heavy (non-hydrogen) atoms. The van der Waals surface area contributed by atoms with Crippen molar-refractivity contribution < 1.29 is 22.4 Å². The molecular weight excluding hydrogens is 396 g/mol. The monoisotopic (exact) mass is 412 g/mol. The molecule has 3 rings (SSSR count). The van der Waals surface area contributed by atoms with Crippen LogP contribution in [-0.4, -0.2) is 20.1 Å². The van der Waals surface area contributed by atoms with Gasteiger partial charge in [0.1, 0.15) is 11.1 Å². The molecule has 2 aromatic carbocycles. The molecule has 0 atom stereocenters. The number of amides is 1. The summed E-state index contributed by atoms with van der Waals surface area (Å²) in [6.07, 6.45) is 2.50. The minimum absolute atomic E-state index is 0.0768. The molecular formula is C20H16N2O6S. The highest BCUT2D eigenvalue weighted by Gasteiger charge is 2.15. The molecule has 1 aromatic heterocycles. The number of nitrogens with one attached hydrogen (secondary N) is 2. The van der Waals surface area contributed by atoms with Gasteiger partial charge in [-0.15, -0.1) is 0 Å². The van der Waals surface area contributed by atoms with E-state index in [-0.39, 0.29) is 10.5 Å². The number of hydrogen-bond donors (Lipinski definition) is 2. The summed E-state index contributed by atoms with van der Waals surface area (Å²) < 4.78 is 30.8. The molecule has 0 bridgehead atoms. The Bertz CT molecular complexity index is 1270. The van der Waals surface area contributed by atoms with E-state index >= 15 is 0 Å². The minimum atomic E-state index is -3.91. The fourth-order valence-corrected chi connectivity index (χ4v) is 3.51. The number of carbonyl (C=O) groups excluding carboxylic acids is 2. The third-order valence-corrected chi connectivity index (χ3v) is 5.28. The van der Waals surface area contributed by atoms with Crippen molar-refractivity contribution in [2.45, 2.75) is 11.8 Å². The van der Waals surface area contributed by atoms with Crippen molar-refractivity contribution in [1.82, 2.24) is 4.72 Å². The first-order valence-corrected chi connectivity index (χ1v) is 9.88. The summed E-state index contributed by atoms with van der Waals surface area (Å²) >= 11 is 0. The maximum absolute atomic E-state index is 12.3. The largest absolute Gasteiger partial charge is 0.422 e. The Balaban J connectivity index is 1.71. The summed E-state index contributed by atoms with van der Waals surface area (Å²) in [6, 6.07) is 13.9. The Labute approximate surface area is 165 Å². The highest BCUT2D eigenvalue weighted by atomic mass is 32.2. The molecule has 0 spiro atoms. The van der Waals surface area contributed by atoms with Crippen LogP contribution in [0.4, 0.5) is 5.69 Å². The average Bonchev–Trinajstić information content (AvgIpc) is 2.66. The van der Waals surface area contributed by atoms with Gasteiger partial charge in [-0.1, -0.05) is 18.2 Å². The Kier molecular flexibility index (Phi) is 5.60. The zero-order valence-electron chi connectivity index (χ0n) is 15.2. The highest BCUT2D eigenvalue weighted by Crippen LogP contribution is 2.15. The van der Waals surface area contributed by atoms with Crippen LogP contribution < -0.4 is 15.7 Å². The van der Waals surface area contributed by atoms with Crippen LogP contribution in [0, 0.1) is 0 Å². The van der Waals surface area contributed by atoms with E-state index in [2.05, 4.69) is 5.32 Å². The number of sulfonamides is 1. The van der Waals surface area contributed by atoms with Crippen molar-refractivity contribution >= 4 is 38.4 Å². The zero-order valence-corrected chi connectivity index (χ0v) is 16.0. The first-order chi connectivity index (χ1) is 13.8. The molecule has 0 saturated carbocycles. The molecule has 1 heterocycles. The molecule has 0 radical (unpaired) electrons. The number of benzene rings is 2. The summed E-state index contributed by atoms with van der Waals surface area (Å²) in [5.74, 6) is -1.23. The van der Waals surface area contributed by atoms with E-state index in [9.17, 15) is 22.8 Å². The molecule has 0 aliphatic rings. The summed E-state index contributed by atoms with van der Waals surface area (Å²) in [5.41, 5.74) is 0.0659. The number of anilines is 1. The topological polar surface area (TPSA) is 123 Å². The normalized spacial score (nSPS) is 11.5. The summed E-state index contributed by atoms with van der Waals surface area (Å²) in [5, 5.41) is 3.44. The third kappa shape index (κ3) is 4.77. The number of allylic oxidation sites excluding steroid dienone is 1. The number of rotatable bonds is 6. The van der Waals surface area contributed by atoms with Crippen LogP contribution >= 0.6 is 0 Å². The van der Waals surface area contributed by atoms with Gasteiger partial charge in [0.2, 0.25) is 5.91 Å². The second-order valence-electron chi connectivity index (χ2n) is 6.01. The molecule has 0 unspecified atom stereocenters. The maximum Gasteiger partial charge on any atom is 0.347 e. The minimum Gasteiger partial charge on any atom is -0.422 e. The number of para-hydroxylation sites is 1. The van der Waals surface area contributed by atoms with Crippen molar-refractivity contribution in [3.8, 4) is 0 Å². The first kappa shape index (κ1) is 20.0. The molecule has 2 N–H and O–H groups in total. The molecule has 3 aromatic rings. The van der Waals surface area contributed by atoms with Gasteiger partial charge < -0.3 is 9.73 Å². The maximum atomic E-state index is 12.3. The van der Waals surface area contributed by atoms with E-state index in [0.29, 0.717) is 16.7 Å².